The Balaban J connectivity index is 2.84. The highest BCUT2D eigenvalue weighted by molar-refractivity contribution is 7.90. The maximum absolute atomic E-state index is 12.4. The highest BCUT2D eigenvalue weighted by Gasteiger charge is 2.36. The van der Waals surface area contributed by atoms with Gasteiger partial charge in [-0.1, -0.05) is 30.7 Å². The molecule has 1 amide bonds. The van der Waals surface area contributed by atoms with Crippen LogP contribution in [0.5, 0.6) is 0 Å². The van der Waals surface area contributed by atoms with Gasteiger partial charge in [0.05, 0.1) is 5.75 Å². The van der Waals surface area contributed by atoms with Crippen molar-refractivity contribution in [3.8, 4) is 0 Å². The van der Waals surface area contributed by atoms with Gasteiger partial charge in [0.2, 0.25) is 0 Å². The number of amides is 1. The van der Waals surface area contributed by atoms with E-state index in [9.17, 15) is 18.3 Å². The van der Waals surface area contributed by atoms with Gasteiger partial charge in [-0.15, -0.1) is 0 Å². The van der Waals surface area contributed by atoms with Gasteiger partial charge in [0, 0.05) is 17.3 Å². The first-order valence-electron chi connectivity index (χ1n) is 7.05. The van der Waals surface area contributed by atoms with E-state index in [2.05, 4.69) is 5.32 Å². The van der Waals surface area contributed by atoms with Crippen LogP contribution in [0.3, 0.4) is 0 Å². The maximum atomic E-state index is 12.4. The minimum atomic E-state index is -3.09. The molecule has 1 aromatic rings. The van der Waals surface area contributed by atoms with E-state index >= 15 is 0 Å². The highest BCUT2D eigenvalue weighted by atomic mass is 35.5. The average Bonchev–Trinajstić information content (AvgIpc) is 2.43. The zero-order valence-corrected chi connectivity index (χ0v) is 14.5. The molecular weight excluding hydrogens is 326 g/mol. The minimum absolute atomic E-state index is 0.0177. The van der Waals surface area contributed by atoms with Crippen molar-refractivity contribution in [1.29, 1.82) is 0 Å². The number of hydrogen-bond donors (Lipinski definition) is 2. The Bertz CT molecular complexity index is 632. The lowest BCUT2D eigenvalue weighted by molar-refractivity contribution is -0.142. The molecule has 0 heterocycles. The second-order valence-electron chi connectivity index (χ2n) is 5.52. The zero-order chi connectivity index (χ0) is 17.0. The van der Waals surface area contributed by atoms with Crippen LogP contribution in [0.1, 0.15) is 32.3 Å². The standard InChI is InChI=1S/C15H22ClNO4S/c1-4-15(19,12-6-5-7-13(16)10-12)14(18)17-11(2)8-9-22(3,20)21/h5-7,10-11,19H,4,8-9H2,1-3H3,(H,17,18)/t11-,15+/m0/s1. The number of carbonyl (C=O) groups excluding carboxylic acids is 1. The molecule has 2 N–H and O–H groups in total. The number of hydrogen-bond acceptors (Lipinski definition) is 4. The van der Waals surface area contributed by atoms with E-state index in [-0.39, 0.29) is 18.2 Å². The molecule has 22 heavy (non-hydrogen) atoms. The second-order valence-corrected chi connectivity index (χ2v) is 8.21. The third kappa shape index (κ3) is 5.26. The molecule has 124 valence electrons. The normalized spacial score (nSPS) is 15.9. The molecule has 0 spiro atoms. The first-order chi connectivity index (χ1) is 10.1. The van der Waals surface area contributed by atoms with Crippen molar-refractivity contribution >= 4 is 27.3 Å². The van der Waals surface area contributed by atoms with Crippen LogP contribution in [0.15, 0.2) is 24.3 Å². The molecule has 2 atom stereocenters. The number of benzene rings is 1. The van der Waals surface area contributed by atoms with Crippen molar-refractivity contribution < 1.29 is 18.3 Å². The Kier molecular flexibility index (Phi) is 6.40. The van der Waals surface area contributed by atoms with E-state index in [1.807, 2.05) is 0 Å². The summed E-state index contributed by atoms with van der Waals surface area (Å²) in [6.45, 7) is 3.40. The second kappa shape index (κ2) is 7.44. The predicted molar refractivity (Wildman–Crippen MR) is 87.6 cm³/mol. The SMILES string of the molecule is CC[C@](O)(C(=O)N[C@@H](C)CCS(C)(=O)=O)c1cccc(Cl)c1. The van der Waals surface area contributed by atoms with Gasteiger partial charge in [-0.25, -0.2) is 8.42 Å². The van der Waals surface area contributed by atoms with Gasteiger partial charge < -0.3 is 10.4 Å². The van der Waals surface area contributed by atoms with Gasteiger partial charge in [-0.2, -0.15) is 0 Å². The van der Waals surface area contributed by atoms with E-state index in [1.54, 1.807) is 38.1 Å². The van der Waals surface area contributed by atoms with Crippen molar-refractivity contribution in [1.82, 2.24) is 5.32 Å². The molecule has 0 saturated heterocycles. The van der Waals surface area contributed by atoms with Crippen LogP contribution >= 0.6 is 11.6 Å². The molecule has 1 rings (SSSR count). The Morgan fingerprint density at radius 3 is 2.59 bits per heavy atom. The molecule has 0 aliphatic rings. The van der Waals surface area contributed by atoms with Crippen LogP contribution in [0.25, 0.3) is 0 Å². The molecule has 0 saturated carbocycles. The van der Waals surface area contributed by atoms with Crippen molar-refractivity contribution in [3.63, 3.8) is 0 Å². The van der Waals surface area contributed by atoms with E-state index in [0.29, 0.717) is 17.0 Å². The smallest absolute Gasteiger partial charge is 0.256 e. The molecule has 0 aliphatic carbocycles. The summed E-state index contributed by atoms with van der Waals surface area (Å²) >= 11 is 5.91. The van der Waals surface area contributed by atoms with Gasteiger partial charge in [-0.05, 0) is 37.5 Å². The lowest BCUT2D eigenvalue weighted by Crippen LogP contribution is -2.47. The molecule has 5 nitrogen and oxygen atoms in total. The third-order valence-corrected chi connectivity index (χ3v) is 4.70. The molecule has 0 radical (unpaired) electrons. The largest absolute Gasteiger partial charge is 0.375 e. The van der Waals surface area contributed by atoms with E-state index in [1.165, 1.54) is 0 Å². The third-order valence-electron chi connectivity index (χ3n) is 3.49. The molecule has 0 aliphatic heterocycles. The lowest BCUT2D eigenvalue weighted by Gasteiger charge is -2.28. The Morgan fingerprint density at radius 2 is 2.09 bits per heavy atom. The fourth-order valence-corrected chi connectivity index (χ4v) is 3.02. The number of aliphatic hydroxyl groups is 1. The van der Waals surface area contributed by atoms with Gasteiger partial charge in [0.15, 0.2) is 5.60 Å². The molecule has 1 aromatic carbocycles. The van der Waals surface area contributed by atoms with E-state index in [4.69, 9.17) is 11.6 Å². The average molecular weight is 348 g/mol. The summed E-state index contributed by atoms with van der Waals surface area (Å²) in [5.74, 6) is -0.575. The number of halogens is 1. The summed E-state index contributed by atoms with van der Waals surface area (Å²) in [5, 5.41) is 13.8. The molecule has 0 bridgehead atoms. The summed E-state index contributed by atoms with van der Waals surface area (Å²) in [7, 11) is -3.09. The fraction of sp³-hybridized carbons (Fsp3) is 0.533. The number of sulfone groups is 1. The highest BCUT2D eigenvalue weighted by Crippen LogP contribution is 2.27. The van der Waals surface area contributed by atoms with Crippen LogP contribution in [0, 0.1) is 0 Å². The van der Waals surface area contributed by atoms with Crippen molar-refractivity contribution in [2.45, 2.75) is 38.3 Å². The molecule has 7 heteroatoms. The Morgan fingerprint density at radius 1 is 1.45 bits per heavy atom. The molecule has 0 fully saturated rings. The quantitative estimate of drug-likeness (QED) is 0.788. The summed E-state index contributed by atoms with van der Waals surface area (Å²) in [4.78, 5) is 12.4. The van der Waals surface area contributed by atoms with Crippen LogP contribution in [-0.4, -0.2) is 37.5 Å². The number of rotatable bonds is 7. The maximum Gasteiger partial charge on any atom is 0.256 e. The van der Waals surface area contributed by atoms with Crippen LogP contribution < -0.4 is 5.32 Å². The number of carbonyl (C=O) groups is 1. The first-order valence-corrected chi connectivity index (χ1v) is 9.49. The van der Waals surface area contributed by atoms with Crippen molar-refractivity contribution in [2.24, 2.45) is 0 Å². The van der Waals surface area contributed by atoms with Crippen LogP contribution in [0.2, 0.25) is 5.02 Å². The monoisotopic (exact) mass is 347 g/mol. The van der Waals surface area contributed by atoms with Crippen molar-refractivity contribution in [3.05, 3.63) is 34.9 Å². The topological polar surface area (TPSA) is 83.5 Å². The van der Waals surface area contributed by atoms with Gasteiger partial charge in [0.25, 0.3) is 5.91 Å². The molecule has 0 unspecified atom stereocenters. The van der Waals surface area contributed by atoms with Gasteiger partial charge >= 0.3 is 0 Å². The Labute approximate surface area is 136 Å². The summed E-state index contributed by atoms with van der Waals surface area (Å²) in [6.07, 6.45) is 1.62. The molecule has 0 aromatic heterocycles. The fourth-order valence-electron chi connectivity index (χ4n) is 2.05. The predicted octanol–water partition coefficient (Wildman–Crippen LogP) is 1.88. The van der Waals surface area contributed by atoms with Crippen LogP contribution in [0.4, 0.5) is 0 Å². The number of nitrogens with one attached hydrogen (secondary N) is 1. The first kappa shape index (κ1) is 18.9. The van der Waals surface area contributed by atoms with Gasteiger partial charge in [-0.3, -0.25) is 4.79 Å². The van der Waals surface area contributed by atoms with E-state index in [0.717, 1.165) is 6.26 Å². The minimum Gasteiger partial charge on any atom is -0.375 e. The molecular formula is C15H22ClNO4S. The van der Waals surface area contributed by atoms with E-state index < -0.39 is 21.3 Å². The van der Waals surface area contributed by atoms with Gasteiger partial charge in [0.1, 0.15) is 9.84 Å². The summed E-state index contributed by atoms with van der Waals surface area (Å²) in [5.41, 5.74) is -1.28. The summed E-state index contributed by atoms with van der Waals surface area (Å²) in [6, 6.07) is 6.15. The zero-order valence-electron chi connectivity index (χ0n) is 13.0. The van der Waals surface area contributed by atoms with Crippen molar-refractivity contribution in [2.75, 3.05) is 12.0 Å². The van der Waals surface area contributed by atoms with Crippen LogP contribution in [-0.2, 0) is 20.2 Å². The summed E-state index contributed by atoms with van der Waals surface area (Å²) < 4.78 is 22.3. The Hall–Kier alpha value is -1.11. The lowest BCUT2D eigenvalue weighted by atomic mass is 9.90.